The standard InChI is InChI=1S/C28H27N5O4/c1-37-27(35)21-11-5-6-12-22(21)30-28(36)32-17-15-31(16-18-32)25-26(34)33(19-20-9-3-2-4-10-20)24-14-8-7-13-23(24)29-25/h2-14H,15-19H2,1H3,(H,30,36). The average molecular weight is 498 g/mol. The van der Waals surface area contributed by atoms with Crippen LogP contribution in [-0.4, -0.2) is 59.7 Å². The lowest BCUT2D eigenvalue weighted by molar-refractivity contribution is 0.0602. The van der Waals surface area contributed by atoms with Gasteiger partial charge >= 0.3 is 12.0 Å². The smallest absolute Gasteiger partial charge is 0.339 e. The number of carbonyl (C=O) groups is 2. The molecule has 1 aromatic heterocycles. The van der Waals surface area contributed by atoms with E-state index < -0.39 is 5.97 Å². The third kappa shape index (κ3) is 5.02. The minimum Gasteiger partial charge on any atom is -0.465 e. The van der Waals surface area contributed by atoms with Crippen LogP contribution < -0.4 is 15.8 Å². The van der Waals surface area contributed by atoms with Gasteiger partial charge in [-0.2, -0.15) is 0 Å². The van der Waals surface area contributed by atoms with Crippen LogP contribution in [0.4, 0.5) is 16.3 Å². The van der Waals surface area contributed by atoms with Crippen LogP contribution in [0.1, 0.15) is 15.9 Å². The largest absolute Gasteiger partial charge is 0.465 e. The molecule has 4 aromatic rings. The first-order valence-electron chi connectivity index (χ1n) is 12.1. The van der Waals surface area contributed by atoms with E-state index in [0.29, 0.717) is 44.2 Å². The minimum atomic E-state index is -0.519. The number of rotatable bonds is 5. The van der Waals surface area contributed by atoms with Crippen LogP contribution in [0.25, 0.3) is 11.0 Å². The second kappa shape index (κ2) is 10.5. The molecule has 9 nitrogen and oxygen atoms in total. The fraction of sp³-hybridized carbons (Fsp3) is 0.214. The number of aromatic nitrogens is 2. The van der Waals surface area contributed by atoms with Crippen molar-refractivity contribution < 1.29 is 14.3 Å². The van der Waals surface area contributed by atoms with Gasteiger partial charge in [0.05, 0.1) is 35.9 Å². The number of anilines is 2. The summed E-state index contributed by atoms with van der Waals surface area (Å²) in [6.07, 6.45) is 0. The van der Waals surface area contributed by atoms with Crippen LogP contribution >= 0.6 is 0 Å². The quantitative estimate of drug-likeness (QED) is 0.424. The van der Waals surface area contributed by atoms with Crippen molar-refractivity contribution in [3.63, 3.8) is 0 Å². The maximum Gasteiger partial charge on any atom is 0.339 e. The second-order valence-electron chi connectivity index (χ2n) is 8.74. The molecule has 1 saturated heterocycles. The van der Waals surface area contributed by atoms with E-state index in [1.54, 1.807) is 33.7 Å². The SMILES string of the molecule is COC(=O)c1ccccc1NC(=O)N1CCN(c2nc3ccccc3n(Cc3ccccc3)c2=O)CC1. The Morgan fingerprint density at radius 1 is 0.892 bits per heavy atom. The highest BCUT2D eigenvalue weighted by atomic mass is 16.5. The number of hydrogen-bond acceptors (Lipinski definition) is 6. The van der Waals surface area contributed by atoms with E-state index in [2.05, 4.69) is 5.32 Å². The highest BCUT2D eigenvalue weighted by Crippen LogP contribution is 2.19. The summed E-state index contributed by atoms with van der Waals surface area (Å²) in [6.45, 7) is 2.16. The molecule has 0 radical (unpaired) electrons. The third-order valence-corrected chi connectivity index (χ3v) is 6.46. The van der Waals surface area contributed by atoms with Gasteiger partial charge in [-0.3, -0.25) is 9.36 Å². The van der Waals surface area contributed by atoms with Crippen molar-refractivity contribution in [3.05, 3.63) is 100 Å². The molecule has 1 aliphatic heterocycles. The van der Waals surface area contributed by atoms with Gasteiger partial charge in [-0.25, -0.2) is 14.6 Å². The van der Waals surface area contributed by atoms with Crippen LogP contribution in [0.15, 0.2) is 83.7 Å². The predicted molar refractivity (Wildman–Crippen MR) is 142 cm³/mol. The summed E-state index contributed by atoms with van der Waals surface area (Å²) in [6, 6.07) is 23.9. The van der Waals surface area contributed by atoms with Crippen LogP contribution in [0.5, 0.6) is 0 Å². The summed E-state index contributed by atoms with van der Waals surface area (Å²) in [7, 11) is 1.30. The molecule has 0 saturated carbocycles. The molecule has 2 heterocycles. The van der Waals surface area contributed by atoms with Gasteiger partial charge in [-0.05, 0) is 29.8 Å². The van der Waals surface area contributed by atoms with Crippen molar-refractivity contribution >= 4 is 34.5 Å². The van der Waals surface area contributed by atoms with Gasteiger partial charge in [0.1, 0.15) is 0 Å². The minimum absolute atomic E-state index is 0.160. The van der Waals surface area contributed by atoms with Gasteiger partial charge < -0.3 is 19.9 Å². The monoisotopic (exact) mass is 497 g/mol. The van der Waals surface area contributed by atoms with Gasteiger partial charge in [0.15, 0.2) is 5.82 Å². The Balaban J connectivity index is 1.34. The van der Waals surface area contributed by atoms with E-state index >= 15 is 0 Å². The Morgan fingerprint density at radius 3 is 2.32 bits per heavy atom. The predicted octanol–water partition coefficient (Wildman–Crippen LogP) is 3.59. The molecule has 1 aliphatic rings. The molecule has 0 spiro atoms. The van der Waals surface area contributed by atoms with E-state index in [4.69, 9.17) is 9.72 Å². The summed E-state index contributed by atoms with van der Waals surface area (Å²) in [4.78, 5) is 46.9. The normalized spacial score (nSPS) is 13.4. The van der Waals surface area contributed by atoms with E-state index in [1.807, 2.05) is 59.5 Å². The lowest BCUT2D eigenvalue weighted by Crippen LogP contribution is -2.51. The molecule has 2 amide bonds. The first-order valence-corrected chi connectivity index (χ1v) is 12.1. The molecule has 0 unspecified atom stereocenters. The number of nitrogens with one attached hydrogen (secondary N) is 1. The van der Waals surface area contributed by atoms with Gasteiger partial charge in [0, 0.05) is 26.2 Å². The molecule has 3 aromatic carbocycles. The molecular formula is C28H27N5O4. The molecular weight excluding hydrogens is 470 g/mol. The number of urea groups is 1. The zero-order chi connectivity index (χ0) is 25.8. The van der Waals surface area contributed by atoms with Gasteiger partial charge in [0.2, 0.25) is 0 Å². The number of piperazine rings is 1. The molecule has 0 bridgehead atoms. The molecule has 9 heteroatoms. The van der Waals surface area contributed by atoms with E-state index in [9.17, 15) is 14.4 Å². The molecule has 1 N–H and O–H groups in total. The van der Waals surface area contributed by atoms with Crippen molar-refractivity contribution in [1.29, 1.82) is 0 Å². The molecule has 1 fully saturated rings. The van der Waals surface area contributed by atoms with Crippen LogP contribution in [0.2, 0.25) is 0 Å². The lowest BCUT2D eigenvalue weighted by atomic mass is 10.2. The Morgan fingerprint density at radius 2 is 1.57 bits per heavy atom. The molecule has 188 valence electrons. The average Bonchev–Trinajstić information content (AvgIpc) is 2.95. The van der Waals surface area contributed by atoms with Crippen LogP contribution in [0, 0.1) is 0 Å². The van der Waals surface area contributed by atoms with Crippen molar-refractivity contribution in [2.45, 2.75) is 6.54 Å². The summed E-state index contributed by atoms with van der Waals surface area (Å²) < 4.78 is 6.57. The highest BCUT2D eigenvalue weighted by Gasteiger charge is 2.26. The number of hydrogen-bond donors (Lipinski definition) is 1. The van der Waals surface area contributed by atoms with E-state index in [-0.39, 0.29) is 17.2 Å². The van der Waals surface area contributed by atoms with Crippen molar-refractivity contribution in [2.24, 2.45) is 0 Å². The van der Waals surface area contributed by atoms with Crippen LogP contribution in [0.3, 0.4) is 0 Å². The summed E-state index contributed by atoms with van der Waals surface area (Å²) >= 11 is 0. The maximum atomic E-state index is 13.6. The molecule has 37 heavy (non-hydrogen) atoms. The number of nitrogens with zero attached hydrogens (tertiary/aromatic N) is 4. The Kier molecular flexibility index (Phi) is 6.85. The fourth-order valence-electron chi connectivity index (χ4n) is 4.50. The Bertz CT molecular complexity index is 1490. The zero-order valence-corrected chi connectivity index (χ0v) is 20.5. The lowest BCUT2D eigenvalue weighted by Gasteiger charge is -2.35. The van der Waals surface area contributed by atoms with E-state index in [1.165, 1.54) is 7.11 Å². The first kappa shape index (κ1) is 24.1. The zero-order valence-electron chi connectivity index (χ0n) is 20.5. The fourth-order valence-corrected chi connectivity index (χ4v) is 4.50. The Labute approximate surface area is 213 Å². The number of benzene rings is 3. The number of methoxy groups -OCH3 is 1. The third-order valence-electron chi connectivity index (χ3n) is 6.46. The van der Waals surface area contributed by atoms with Gasteiger partial charge in [-0.1, -0.05) is 54.6 Å². The molecule has 0 aliphatic carbocycles. The number of amides is 2. The topological polar surface area (TPSA) is 96.8 Å². The number of para-hydroxylation sites is 3. The Hall–Kier alpha value is -4.66. The molecule has 0 atom stereocenters. The number of carbonyl (C=O) groups excluding carboxylic acids is 2. The number of fused-ring (bicyclic) bond motifs is 1. The highest BCUT2D eigenvalue weighted by molar-refractivity contribution is 6.00. The van der Waals surface area contributed by atoms with Crippen molar-refractivity contribution in [2.75, 3.05) is 43.5 Å². The number of ether oxygens (including phenoxy) is 1. The van der Waals surface area contributed by atoms with Gasteiger partial charge in [0.25, 0.3) is 5.56 Å². The van der Waals surface area contributed by atoms with Crippen molar-refractivity contribution in [1.82, 2.24) is 14.5 Å². The second-order valence-corrected chi connectivity index (χ2v) is 8.74. The summed E-state index contributed by atoms with van der Waals surface area (Å²) in [5.74, 6) is -0.138. The summed E-state index contributed by atoms with van der Waals surface area (Å²) in [5, 5.41) is 2.81. The summed E-state index contributed by atoms with van der Waals surface area (Å²) in [5.41, 5.74) is 3.07. The van der Waals surface area contributed by atoms with E-state index in [0.717, 1.165) is 16.6 Å². The van der Waals surface area contributed by atoms with Gasteiger partial charge in [-0.15, -0.1) is 0 Å². The van der Waals surface area contributed by atoms with Crippen LogP contribution in [-0.2, 0) is 11.3 Å². The maximum absolute atomic E-state index is 13.6. The number of esters is 1. The molecule has 5 rings (SSSR count). The first-order chi connectivity index (χ1) is 18.0. The van der Waals surface area contributed by atoms with Crippen molar-refractivity contribution in [3.8, 4) is 0 Å².